The summed E-state index contributed by atoms with van der Waals surface area (Å²) < 4.78 is 1.90. The number of carbonyl (C=O) groups is 1. The number of aromatic nitrogens is 3. The number of fused-ring (bicyclic) bond motifs is 1. The van der Waals surface area contributed by atoms with Crippen molar-refractivity contribution in [2.75, 3.05) is 0 Å². The van der Waals surface area contributed by atoms with Crippen LogP contribution < -0.4 is 0 Å². The average Bonchev–Trinajstić information content (AvgIpc) is 2.83. The van der Waals surface area contributed by atoms with Gasteiger partial charge in [0.2, 0.25) is 0 Å². The molecule has 0 fully saturated rings. The summed E-state index contributed by atoms with van der Waals surface area (Å²) in [6.45, 7) is 1.91. The van der Waals surface area contributed by atoms with Gasteiger partial charge in [0, 0.05) is 36.1 Å². The van der Waals surface area contributed by atoms with E-state index in [1.807, 2.05) is 30.8 Å². The summed E-state index contributed by atoms with van der Waals surface area (Å²) in [5.41, 5.74) is 2.79. The summed E-state index contributed by atoms with van der Waals surface area (Å²) in [7, 11) is 1.91. The number of nitrogens with zero attached hydrogens (tertiary/aromatic N) is 3. The monoisotopic (exact) mass is 267 g/mol. The Morgan fingerprint density at radius 3 is 2.75 bits per heavy atom. The first-order chi connectivity index (χ1) is 9.56. The first-order valence-electron chi connectivity index (χ1n) is 6.18. The largest absolute Gasteiger partial charge is 0.478 e. The molecule has 0 amide bonds. The average molecular weight is 267 g/mol. The van der Waals surface area contributed by atoms with Gasteiger partial charge in [-0.15, -0.1) is 0 Å². The van der Waals surface area contributed by atoms with E-state index in [9.17, 15) is 4.79 Å². The molecule has 1 aromatic carbocycles. The molecule has 0 unspecified atom stereocenters. The van der Waals surface area contributed by atoms with Crippen LogP contribution in [0, 0.1) is 6.92 Å². The highest BCUT2D eigenvalue weighted by atomic mass is 16.4. The quantitative estimate of drug-likeness (QED) is 0.775. The van der Waals surface area contributed by atoms with Crippen molar-refractivity contribution >= 4 is 16.9 Å². The normalized spacial score (nSPS) is 10.9. The molecular formula is C15H13N3O2. The predicted octanol–water partition coefficient (Wildman–Crippen LogP) is 2.64. The lowest BCUT2D eigenvalue weighted by Crippen LogP contribution is -1.99. The first-order valence-corrected chi connectivity index (χ1v) is 6.18. The van der Waals surface area contributed by atoms with Gasteiger partial charge in [-0.25, -0.2) is 9.78 Å². The number of aromatic carboxylic acids is 1. The molecule has 0 saturated heterocycles. The molecule has 100 valence electrons. The molecule has 0 atom stereocenters. The number of aryl methyl sites for hydroxylation is 2. The Balaban J connectivity index is 2.37. The molecule has 0 bridgehead atoms. The number of rotatable bonds is 2. The van der Waals surface area contributed by atoms with Crippen molar-refractivity contribution in [2.45, 2.75) is 6.92 Å². The Kier molecular flexibility index (Phi) is 2.75. The maximum Gasteiger partial charge on any atom is 0.335 e. The van der Waals surface area contributed by atoms with Gasteiger partial charge in [-0.3, -0.25) is 4.98 Å². The van der Waals surface area contributed by atoms with Gasteiger partial charge in [-0.05, 0) is 31.2 Å². The first kappa shape index (κ1) is 12.3. The van der Waals surface area contributed by atoms with Gasteiger partial charge in [-0.1, -0.05) is 0 Å². The second-order valence-corrected chi connectivity index (χ2v) is 4.71. The SMILES string of the molecule is Cc1cc(-c2nccn2C)c2cc(C(=O)O)ccc2n1. The lowest BCUT2D eigenvalue weighted by atomic mass is 10.0. The Morgan fingerprint density at radius 1 is 1.30 bits per heavy atom. The zero-order valence-electron chi connectivity index (χ0n) is 11.2. The van der Waals surface area contributed by atoms with Crippen LogP contribution >= 0.6 is 0 Å². The van der Waals surface area contributed by atoms with Crippen molar-refractivity contribution in [3.63, 3.8) is 0 Å². The smallest absolute Gasteiger partial charge is 0.335 e. The van der Waals surface area contributed by atoms with Gasteiger partial charge in [0.05, 0.1) is 11.1 Å². The molecular weight excluding hydrogens is 254 g/mol. The number of pyridine rings is 1. The molecule has 1 N–H and O–H groups in total. The van der Waals surface area contributed by atoms with Crippen LogP contribution in [0.3, 0.4) is 0 Å². The Hall–Kier alpha value is -2.69. The van der Waals surface area contributed by atoms with Gasteiger partial charge < -0.3 is 9.67 Å². The molecule has 20 heavy (non-hydrogen) atoms. The van der Waals surface area contributed by atoms with E-state index in [0.717, 1.165) is 28.0 Å². The predicted molar refractivity (Wildman–Crippen MR) is 75.6 cm³/mol. The molecule has 3 aromatic rings. The Labute approximate surface area is 115 Å². The number of benzene rings is 1. The van der Waals surface area contributed by atoms with E-state index in [1.54, 1.807) is 24.4 Å². The third kappa shape index (κ3) is 1.93. The van der Waals surface area contributed by atoms with Crippen LogP contribution in [0.15, 0.2) is 36.7 Å². The Bertz CT molecular complexity index is 821. The summed E-state index contributed by atoms with van der Waals surface area (Å²) in [4.78, 5) is 19.9. The van der Waals surface area contributed by atoms with Gasteiger partial charge in [0.25, 0.3) is 0 Å². The van der Waals surface area contributed by atoms with Gasteiger partial charge in [0.15, 0.2) is 0 Å². The molecule has 2 heterocycles. The Morgan fingerprint density at radius 2 is 2.10 bits per heavy atom. The summed E-state index contributed by atoms with van der Waals surface area (Å²) in [5.74, 6) is -0.152. The zero-order valence-corrected chi connectivity index (χ0v) is 11.2. The molecule has 5 heteroatoms. The van der Waals surface area contributed by atoms with E-state index >= 15 is 0 Å². The standard InChI is InChI=1S/C15H13N3O2/c1-9-7-12(14-16-5-6-18(14)2)11-8-10(15(19)20)3-4-13(11)17-9/h3-8H,1-2H3,(H,19,20). The van der Waals surface area contributed by atoms with Crippen LogP contribution in [0.2, 0.25) is 0 Å². The van der Waals surface area contributed by atoms with Crippen LogP contribution in [-0.4, -0.2) is 25.6 Å². The zero-order chi connectivity index (χ0) is 14.3. The van der Waals surface area contributed by atoms with E-state index in [4.69, 9.17) is 5.11 Å². The van der Waals surface area contributed by atoms with Gasteiger partial charge in [-0.2, -0.15) is 0 Å². The highest BCUT2D eigenvalue weighted by Crippen LogP contribution is 2.28. The second kappa shape index (κ2) is 4.45. The molecule has 5 nitrogen and oxygen atoms in total. The van der Waals surface area contributed by atoms with Crippen LogP contribution in [0.25, 0.3) is 22.3 Å². The fraction of sp³-hybridized carbons (Fsp3) is 0.133. The highest BCUT2D eigenvalue weighted by Gasteiger charge is 2.12. The molecule has 3 rings (SSSR count). The minimum absolute atomic E-state index is 0.249. The van der Waals surface area contributed by atoms with Crippen molar-refractivity contribution in [3.05, 3.63) is 47.9 Å². The van der Waals surface area contributed by atoms with Crippen LogP contribution in [0.5, 0.6) is 0 Å². The van der Waals surface area contributed by atoms with Crippen molar-refractivity contribution in [3.8, 4) is 11.4 Å². The topological polar surface area (TPSA) is 68.0 Å². The number of carboxylic acids is 1. The molecule has 2 aromatic heterocycles. The molecule has 0 aliphatic rings. The third-order valence-corrected chi connectivity index (χ3v) is 3.25. The van der Waals surface area contributed by atoms with E-state index < -0.39 is 5.97 Å². The van der Waals surface area contributed by atoms with E-state index in [0.29, 0.717) is 0 Å². The van der Waals surface area contributed by atoms with Gasteiger partial charge in [0.1, 0.15) is 5.82 Å². The minimum Gasteiger partial charge on any atom is -0.478 e. The number of hydrogen-bond acceptors (Lipinski definition) is 3. The third-order valence-electron chi connectivity index (χ3n) is 3.25. The van der Waals surface area contributed by atoms with E-state index in [2.05, 4.69) is 9.97 Å². The van der Waals surface area contributed by atoms with Crippen molar-refractivity contribution in [2.24, 2.45) is 7.05 Å². The number of imidazole rings is 1. The lowest BCUT2D eigenvalue weighted by Gasteiger charge is -2.08. The number of hydrogen-bond donors (Lipinski definition) is 1. The maximum absolute atomic E-state index is 11.1. The lowest BCUT2D eigenvalue weighted by molar-refractivity contribution is 0.0697. The summed E-state index contributed by atoms with van der Waals surface area (Å²) in [6, 6.07) is 6.88. The molecule has 0 spiro atoms. The molecule has 0 aliphatic carbocycles. The summed E-state index contributed by atoms with van der Waals surface area (Å²) >= 11 is 0. The molecule has 0 saturated carbocycles. The highest BCUT2D eigenvalue weighted by molar-refractivity contribution is 5.99. The maximum atomic E-state index is 11.1. The summed E-state index contributed by atoms with van der Waals surface area (Å²) in [6.07, 6.45) is 3.58. The second-order valence-electron chi connectivity index (χ2n) is 4.71. The number of carboxylic acid groups (broad SMARTS) is 1. The van der Waals surface area contributed by atoms with E-state index in [-0.39, 0.29) is 5.56 Å². The van der Waals surface area contributed by atoms with Crippen molar-refractivity contribution in [1.29, 1.82) is 0 Å². The molecule has 0 aliphatic heterocycles. The summed E-state index contributed by atoms with van der Waals surface area (Å²) in [5, 5.41) is 9.93. The van der Waals surface area contributed by atoms with Crippen LogP contribution in [-0.2, 0) is 7.05 Å². The molecule has 0 radical (unpaired) electrons. The van der Waals surface area contributed by atoms with Crippen LogP contribution in [0.1, 0.15) is 16.1 Å². The van der Waals surface area contributed by atoms with Crippen LogP contribution in [0.4, 0.5) is 0 Å². The van der Waals surface area contributed by atoms with E-state index in [1.165, 1.54) is 0 Å². The fourth-order valence-corrected chi connectivity index (χ4v) is 2.30. The van der Waals surface area contributed by atoms with Gasteiger partial charge >= 0.3 is 5.97 Å². The fourth-order valence-electron chi connectivity index (χ4n) is 2.30. The van der Waals surface area contributed by atoms with Crippen molar-refractivity contribution in [1.82, 2.24) is 14.5 Å². The minimum atomic E-state index is -0.946. The van der Waals surface area contributed by atoms with Crippen molar-refractivity contribution < 1.29 is 9.90 Å².